The van der Waals surface area contributed by atoms with Gasteiger partial charge >= 0.3 is 5.97 Å². The van der Waals surface area contributed by atoms with Crippen LogP contribution in [0.4, 0.5) is 4.39 Å². The van der Waals surface area contributed by atoms with Crippen LogP contribution in [-0.4, -0.2) is 26.7 Å². The fraction of sp³-hybridized carbons (Fsp3) is 0.300. The highest BCUT2D eigenvalue weighted by Gasteiger charge is 2.23. The fourth-order valence-electron chi connectivity index (χ4n) is 1.13. The molecule has 0 aromatic heterocycles. The first-order chi connectivity index (χ1) is 7.47. The summed E-state index contributed by atoms with van der Waals surface area (Å²) in [6.07, 6.45) is 0. The highest BCUT2D eigenvalue weighted by Crippen LogP contribution is 2.15. The molecule has 0 spiro atoms. The van der Waals surface area contributed by atoms with Crippen LogP contribution >= 0.6 is 0 Å². The van der Waals surface area contributed by atoms with E-state index in [1.807, 2.05) is 0 Å². The Balaban J connectivity index is 2.95. The Morgan fingerprint density at radius 3 is 2.56 bits per heavy atom. The molecule has 0 aliphatic heterocycles. The summed E-state index contributed by atoms with van der Waals surface area (Å²) in [5.41, 5.74) is 0. The van der Waals surface area contributed by atoms with Crippen molar-refractivity contribution in [2.24, 2.45) is 0 Å². The van der Waals surface area contributed by atoms with Crippen molar-refractivity contribution in [1.82, 2.24) is 0 Å². The van der Waals surface area contributed by atoms with E-state index in [0.717, 1.165) is 12.1 Å². The van der Waals surface area contributed by atoms with E-state index in [0.29, 0.717) is 0 Å². The molecule has 0 aliphatic carbocycles. The minimum absolute atomic E-state index is 0.0889. The van der Waals surface area contributed by atoms with Crippen LogP contribution in [0.15, 0.2) is 29.2 Å². The zero-order valence-corrected chi connectivity index (χ0v) is 9.46. The molecule has 0 bridgehead atoms. The first-order valence-corrected chi connectivity index (χ1v) is 6.25. The predicted octanol–water partition coefficient (Wildman–Crippen LogP) is 1.16. The molecule has 0 saturated heterocycles. The lowest BCUT2D eigenvalue weighted by Crippen LogP contribution is -2.19. The Labute approximate surface area is 93.0 Å². The minimum atomic E-state index is -3.96. The summed E-state index contributed by atoms with van der Waals surface area (Å²) in [5.74, 6) is -2.60. The van der Waals surface area contributed by atoms with Gasteiger partial charge in [-0.2, -0.15) is 0 Å². The molecule has 0 heterocycles. The van der Waals surface area contributed by atoms with E-state index in [4.69, 9.17) is 0 Å². The van der Waals surface area contributed by atoms with Gasteiger partial charge in [0.25, 0.3) is 0 Å². The molecule has 1 aromatic carbocycles. The fourth-order valence-corrected chi connectivity index (χ4v) is 2.33. The molecule has 4 nitrogen and oxygen atoms in total. The molecule has 1 rings (SSSR count). The Hall–Kier alpha value is -1.43. The van der Waals surface area contributed by atoms with Crippen molar-refractivity contribution in [2.75, 3.05) is 12.4 Å². The van der Waals surface area contributed by atoms with E-state index < -0.39 is 32.3 Å². The molecular formula is C10H11FO4S. The minimum Gasteiger partial charge on any atom is -0.465 e. The van der Waals surface area contributed by atoms with Crippen molar-refractivity contribution in [3.63, 3.8) is 0 Å². The zero-order valence-electron chi connectivity index (χ0n) is 8.64. The second-order valence-corrected chi connectivity index (χ2v) is 4.95. The zero-order chi connectivity index (χ0) is 12.2. The lowest BCUT2D eigenvalue weighted by Gasteiger charge is -2.04. The second-order valence-electron chi connectivity index (χ2n) is 2.99. The van der Waals surface area contributed by atoms with Crippen molar-refractivity contribution in [3.05, 3.63) is 30.1 Å². The highest BCUT2D eigenvalue weighted by molar-refractivity contribution is 7.92. The quantitative estimate of drug-likeness (QED) is 0.748. The summed E-state index contributed by atoms with van der Waals surface area (Å²) in [4.78, 5) is 10.5. The van der Waals surface area contributed by atoms with Crippen molar-refractivity contribution in [3.8, 4) is 0 Å². The number of ether oxygens (including phenoxy) is 1. The van der Waals surface area contributed by atoms with E-state index in [-0.39, 0.29) is 6.61 Å². The Morgan fingerprint density at radius 1 is 1.38 bits per heavy atom. The highest BCUT2D eigenvalue weighted by atomic mass is 32.2. The van der Waals surface area contributed by atoms with Gasteiger partial charge in [-0.05, 0) is 19.1 Å². The number of sulfone groups is 1. The largest absolute Gasteiger partial charge is 0.465 e. The standard InChI is InChI=1S/C10H11FO4S/c1-2-15-10(12)7-16(13,14)9-6-4-3-5-8(9)11/h3-6H,2,7H2,1H3. The summed E-state index contributed by atoms with van der Waals surface area (Å²) in [5, 5.41) is 0. The van der Waals surface area contributed by atoms with Gasteiger partial charge < -0.3 is 4.74 Å². The summed E-state index contributed by atoms with van der Waals surface area (Å²) < 4.78 is 40.9. The van der Waals surface area contributed by atoms with Crippen LogP contribution < -0.4 is 0 Å². The maximum absolute atomic E-state index is 13.2. The average Bonchev–Trinajstić information content (AvgIpc) is 2.17. The molecule has 88 valence electrons. The third-order valence-electron chi connectivity index (χ3n) is 1.78. The number of hydrogen-bond donors (Lipinski definition) is 0. The van der Waals surface area contributed by atoms with Crippen LogP contribution in [0.2, 0.25) is 0 Å². The normalized spacial score (nSPS) is 11.1. The van der Waals surface area contributed by atoms with Gasteiger partial charge in [0.05, 0.1) is 6.61 Å². The van der Waals surface area contributed by atoms with Crippen LogP contribution in [0.25, 0.3) is 0 Å². The van der Waals surface area contributed by atoms with Crippen molar-refractivity contribution < 1.29 is 22.3 Å². The lowest BCUT2D eigenvalue weighted by atomic mass is 10.3. The lowest BCUT2D eigenvalue weighted by molar-refractivity contribution is -0.139. The van der Waals surface area contributed by atoms with Gasteiger partial charge in [0.1, 0.15) is 10.7 Å². The van der Waals surface area contributed by atoms with Crippen LogP contribution in [0.5, 0.6) is 0 Å². The third kappa shape index (κ3) is 3.03. The topological polar surface area (TPSA) is 60.4 Å². The number of carbonyl (C=O) groups is 1. The number of rotatable bonds is 4. The molecule has 16 heavy (non-hydrogen) atoms. The van der Waals surface area contributed by atoms with Gasteiger partial charge in [-0.3, -0.25) is 4.79 Å². The van der Waals surface area contributed by atoms with Gasteiger partial charge in [0, 0.05) is 0 Å². The van der Waals surface area contributed by atoms with Gasteiger partial charge in [-0.25, -0.2) is 12.8 Å². The molecular weight excluding hydrogens is 235 g/mol. The number of carbonyl (C=O) groups excluding carboxylic acids is 1. The van der Waals surface area contributed by atoms with E-state index in [2.05, 4.69) is 4.74 Å². The Bertz CT molecular complexity index is 481. The molecule has 0 aliphatic rings. The summed E-state index contributed by atoms with van der Waals surface area (Å²) in [7, 11) is -3.96. The third-order valence-corrected chi connectivity index (χ3v) is 3.40. The molecule has 0 fully saturated rings. The first kappa shape index (κ1) is 12.6. The number of hydrogen-bond acceptors (Lipinski definition) is 4. The maximum Gasteiger partial charge on any atom is 0.321 e. The second kappa shape index (κ2) is 5.07. The molecule has 0 atom stereocenters. The van der Waals surface area contributed by atoms with Crippen molar-refractivity contribution in [2.45, 2.75) is 11.8 Å². The van der Waals surface area contributed by atoms with Gasteiger partial charge in [-0.15, -0.1) is 0 Å². The first-order valence-electron chi connectivity index (χ1n) is 4.60. The number of halogens is 1. The SMILES string of the molecule is CCOC(=O)CS(=O)(=O)c1ccccc1F. The van der Waals surface area contributed by atoms with Crippen LogP contribution in [0.3, 0.4) is 0 Å². The molecule has 0 amide bonds. The molecule has 0 N–H and O–H groups in total. The van der Waals surface area contributed by atoms with Crippen LogP contribution in [0, 0.1) is 5.82 Å². The van der Waals surface area contributed by atoms with E-state index in [1.165, 1.54) is 12.1 Å². The monoisotopic (exact) mass is 246 g/mol. The van der Waals surface area contributed by atoms with Crippen molar-refractivity contribution in [1.29, 1.82) is 0 Å². The molecule has 0 unspecified atom stereocenters. The summed E-state index contributed by atoms with van der Waals surface area (Å²) in [6, 6.07) is 4.90. The Morgan fingerprint density at radius 2 is 2.00 bits per heavy atom. The Kier molecular flexibility index (Phi) is 4.00. The summed E-state index contributed by atoms with van der Waals surface area (Å²) >= 11 is 0. The number of benzene rings is 1. The van der Waals surface area contributed by atoms with Crippen molar-refractivity contribution >= 4 is 15.8 Å². The van der Waals surface area contributed by atoms with Gasteiger partial charge in [0.15, 0.2) is 15.6 Å². The molecule has 0 saturated carbocycles. The van der Waals surface area contributed by atoms with Crippen LogP contribution in [-0.2, 0) is 19.4 Å². The maximum atomic E-state index is 13.2. The van der Waals surface area contributed by atoms with E-state index in [9.17, 15) is 17.6 Å². The smallest absolute Gasteiger partial charge is 0.321 e. The van der Waals surface area contributed by atoms with Gasteiger partial charge in [0.2, 0.25) is 0 Å². The van der Waals surface area contributed by atoms with Crippen LogP contribution in [0.1, 0.15) is 6.92 Å². The van der Waals surface area contributed by atoms with E-state index in [1.54, 1.807) is 6.92 Å². The molecule has 0 radical (unpaired) electrons. The predicted molar refractivity (Wildman–Crippen MR) is 55.1 cm³/mol. The molecule has 6 heteroatoms. The number of esters is 1. The van der Waals surface area contributed by atoms with E-state index >= 15 is 0 Å². The average molecular weight is 246 g/mol. The molecule has 1 aromatic rings. The van der Waals surface area contributed by atoms with Gasteiger partial charge in [-0.1, -0.05) is 12.1 Å². The summed E-state index contributed by atoms with van der Waals surface area (Å²) in [6.45, 7) is 1.65.